The van der Waals surface area contributed by atoms with Crippen molar-refractivity contribution in [2.24, 2.45) is 0 Å². The highest BCUT2D eigenvalue weighted by molar-refractivity contribution is 5.85. The lowest BCUT2D eigenvalue weighted by atomic mass is 10.1. The van der Waals surface area contributed by atoms with Gasteiger partial charge in [0.05, 0.1) is 6.33 Å². The largest absolute Gasteiger partial charge is 0.481 e. The van der Waals surface area contributed by atoms with Gasteiger partial charge < -0.3 is 36.4 Å². The molecule has 1 aliphatic rings. The zero-order valence-electron chi connectivity index (χ0n) is 20.1. The number of carbonyl (C=O) groups excluding carboxylic acids is 1. The molecule has 2 aromatic heterocycles. The second kappa shape index (κ2) is 12.1. The van der Waals surface area contributed by atoms with Crippen molar-refractivity contribution in [3.63, 3.8) is 0 Å². The number of benzene rings is 1. The number of aryl methyl sites for hydroxylation is 1. The summed E-state index contributed by atoms with van der Waals surface area (Å²) in [5.41, 5.74) is 8.65. The van der Waals surface area contributed by atoms with E-state index in [1.807, 2.05) is 24.3 Å². The van der Waals surface area contributed by atoms with Crippen molar-refractivity contribution in [1.29, 1.82) is 0 Å². The number of carboxylic acid groups (broad SMARTS) is 1. The van der Waals surface area contributed by atoms with Crippen molar-refractivity contribution in [1.82, 2.24) is 24.8 Å². The molecule has 0 radical (unpaired) electrons. The van der Waals surface area contributed by atoms with Gasteiger partial charge in [-0.3, -0.25) is 14.2 Å². The first-order valence-electron chi connectivity index (χ1n) is 11.6. The number of nitrogens with zero attached hydrogens (tertiary/aromatic N) is 4. The maximum absolute atomic E-state index is 12.2. The number of ether oxygens (including phenoxy) is 1. The monoisotopic (exact) mass is 535 g/mol. The van der Waals surface area contributed by atoms with Crippen molar-refractivity contribution >= 4 is 47.2 Å². The van der Waals surface area contributed by atoms with E-state index in [2.05, 4.69) is 25.6 Å². The number of amides is 1. The van der Waals surface area contributed by atoms with Crippen LogP contribution in [0.4, 0.5) is 11.8 Å². The number of nitrogen functional groups attached to an aromatic ring is 1. The van der Waals surface area contributed by atoms with Crippen LogP contribution < -0.4 is 16.4 Å². The summed E-state index contributed by atoms with van der Waals surface area (Å²) >= 11 is 0. The molecule has 200 valence electrons. The molecule has 1 amide bonds. The van der Waals surface area contributed by atoms with E-state index in [1.165, 1.54) is 10.9 Å². The molecular weight excluding hydrogens is 506 g/mol. The Kier molecular flexibility index (Phi) is 9.21. The number of aromatic nitrogens is 4. The summed E-state index contributed by atoms with van der Waals surface area (Å²) in [5.74, 6) is -0.985. The normalized spacial score (nSPS) is 20.9. The van der Waals surface area contributed by atoms with Crippen molar-refractivity contribution in [2.45, 2.75) is 50.7 Å². The molecule has 13 nitrogen and oxygen atoms in total. The maximum atomic E-state index is 12.2. The first-order chi connectivity index (χ1) is 17.3. The van der Waals surface area contributed by atoms with E-state index in [0.717, 1.165) is 11.1 Å². The number of nitrogens with one attached hydrogen (secondary N) is 2. The Morgan fingerprint density at radius 3 is 2.43 bits per heavy atom. The minimum atomic E-state index is -1.42. The predicted octanol–water partition coefficient (Wildman–Crippen LogP) is 0.257. The molecule has 4 atom stereocenters. The number of rotatable bonds is 10. The highest BCUT2D eigenvalue weighted by Crippen LogP contribution is 2.32. The van der Waals surface area contributed by atoms with Crippen LogP contribution in [0.3, 0.4) is 0 Å². The average Bonchev–Trinajstić information content (AvgIpc) is 3.40. The number of hydrogen-bond acceptors (Lipinski definition) is 10. The molecule has 1 aromatic carbocycles. The lowest BCUT2D eigenvalue weighted by Crippen LogP contribution is -2.42. The van der Waals surface area contributed by atoms with Crippen LogP contribution in [0.5, 0.6) is 0 Å². The molecule has 1 aliphatic heterocycles. The zero-order valence-corrected chi connectivity index (χ0v) is 20.9. The Labute approximate surface area is 218 Å². The predicted molar refractivity (Wildman–Crippen MR) is 136 cm³/mol. The minimum Gasteiger partial charge on any atom is -0.481 e. The van der Waals surface area contributed by atoms with Crippen molar-refractivity contribution in [2.75, 3.05) is 24.1 Å². The fourth-order valence-corrected chi connectivity index (χ4v) is 4.03. The summed E-state index contributed by atoms with van der Waals surface area (Å²) in [6.07, 6.45) is -2.56. The van der Waals surface area contributed by atoms with Crippen LogP contribution >= 0.6 is 12.4 Å². The summed E-state index contributed by atoms with van der Waals surface area (Å²) < 4.78 is 7.09. The number of carboxylic acids is 1. The Balaban J connectivity index is 0.00000380. The number of aliphatic hydroxyl groups is 2. The average molecular weight is 536 g/mol. The molecule has 0 saturated carbocycles. The Morgan fingerprint density at radius 1 is 1.11 bits per heavy atom. The molecule has 1 fully saturated rings. The van der Waals surface area contributed by atoms with Crippen LogP contribution in [0.15, 0.2) is 30.6 Å². The van der Waals surface area contributed by atoms with E-state index < -0.39 is 36.4 Å². The molecule has 7 N–H and O–H groups in total. The lowest BCUT2D eigenvalue weighted by molar-refractivity contribution is -0.138. The van der Waals surface area contributed by atoms with Crippen LogP contribution in [0.2, 0.25) is 0 Å². The smallest absolute Gasteiger partial charge is 0.303 e. The van der Waals surface area contributed by atoms with E-state index in [0.29, 0.717) is 31.4 Å². The van der Waals surface area contributed by atoms with E-state index in [-0.39, 0.29) is 36.2 Å². The van der Waals surface area contributed by atoms with Crippen LogP contribution in [-0.4, -0.2) is 78.1 Å². The highest BCUT2D eigenvalue weighted by Gasteiger charge is 2.47. The van der Waals surface area contributed by atoms with Gasteiger partial charge in [0.2, 0.25) is 5.95 Å². The third-order valence-corrected chi connectivity index (χ3v) is 5.92. The van der Waals surface area contributed by atoms with Gasteiger partial charge in [0.25, 0.3) is 5.91 Å². The second-order valence-corrected chi connectivity index (χ2v) is 8.47. The number of imidazole rings is 1. The number of carbonyl (C=O) groups is 2. The molecule has 0 spiro atoms. The van der Waals surface area contributed by atoms with Gasteiger partial charge in [-0.1, -0.05) is 24.3 Å². The van der Waals surface area contributed by atoms with Crippen LogP contribution in [-0.2, 0) is 27.2 Å². The van der Waals surface area contributed by atoms with Gasteiger partial charge in [-0.05, 0) is 30.9 Å². The third-order valence-electron chi connectivity index (χ3n) is 5.92. The molecule has 0 bridgehead atoms. The summed E-state index contributed by atoms with van der Waals surface area (Å²) in [4.78, 5) is 35.8. The number of aliphatic carboxylic acids is 1. The van der Waals surface area contributed by atoms with E-state index >= 15 is 0 Å². The first-order valence-corrected chi connectivity index (χ1v) is 11.6. The Hall–Kier alpha value is -3.52. The van der Waals surface area contributed by atoms with E-state index in [4.69, 9.17) is 15.6 Å². The number of nitrogens with two attached hydrogens (primary N) is 1. The number of hydrogen-bond donors (Lipinski definition) is 6. The fourth-order valence-electron chi connectivity index (χ4n) is 4.03. The quantitative estimate of drug-likeness (QED) is 0.208. The highest BCUT2D eigenvalue weighted by atomic mass is 35.5. The minimum absolute atomic E-state index is 0. The van der Waals surface area contributed by atoms with Gasteiger partial charge >= 0.3 is 5.97 Å². The summed E-state index contributed by atoms with van der Waals surface area (Å²) in [6, 6.07) is 7.71. The second-order valence-electron chi connectivity index (χ2n) is 8.47. The number of fused-ring (bicyclic) bond motifs is 1. The molecule has 4 rings (SSSR count). The van der Waals surface area contributed by atoms with Crippen molar-refractivity contribution < 1.29 is 29.6 Å². The van der Waals surface area contributed by atoms with Crippen molar-refractivity contribution in [3.8, 4) is 0 Å². The Morgan fingerprint density at radius 2 is 1.78 bits per heavy atom. The molecule has 0 aliphatic carbocycles. The topological polar surface area (TPSA) is 198 Å². The summed E-state index contributed by atoms with van der Waals surface area (Å²) in [6.45, 7) is 2.59. The zero-order chi connectivity index (χ0) is 25.8. The number of likely N-dealkylation sites (N-methyl/N-ethyl adjacent to an activating group) is 1. The SMILES string of the molecule is CCNC(=O)[C@@H]1O[C@H](n2cnc3c(N)nc(NCCc4ccc(CCC(=O)O)cc4)nc32)C(O)[C@@H]1O.Cl. The number of anilines is 2. The molecular formula is C23H30ClN7O6. The van der Waals surface area contributed by atoms with E-state index in [9.17, 15) is 19.8 Å². The van der Waals surface area contributed by atoms with Crippen LogP contribution in [0.1, 0.15) is 30.7 Å². The fraction of sp³-hybridized carbons (Fsp3) is 0.435. The van der Waals surface area contributed by atoms with Gasteiger partial charge in [-0.25, -0.2) is 4.98 Å². The van der Waals surface area contributed by atoms with Crippen molar-refractivity contribution in [3.05, 3.63) is 41.7 Å². The lowest BCUT2D eigenvalue weighted by Gasteiger charge is -2.16. The number of halogens is 1. The molecule has 3 heterocycles. The summed E-state index contributed by atoms with van der Waals surface area (Å²) in [7, 11) is 0. The molecule has 1 saturated heterocycles. The first kappa shape index (κ1) is 28.1. The maximum Gasteiger partial charge on any atom is 0.303 e. The Bertz CT molecular complexity index is 1240. The van der Waals surface area contributed by atoms with Crippen LogP contribution in [0, 0.1) is 0 Å². The summed E-state index contributed by atoms with van der Waals surface area (Å²) in [5, 5.41) is 35.4. The van der Waals surface area contributed by atoms with Gasteiger partial charge in [0.15, 0.2) is 23.8 Å². The van der Waals surface area contributed by atoms with Gasteiger partial charge in [0, 0.05) is 19.5 Å². The third kappa shape index (κ3) is 6.25. The van der Waals surface area contributed by atoms with Gasteiger partial charge in [0.1, 0.15) is 17.7 Å². The van der Waals surface area contributed by atoms with E-state index in [1.54, 1.807) is 6.92 Å². The molecule has 3 aromatic rings. The number of aliphatic hydroxyl groups excluding tert-OH is 2. The van der Waals surface area contributed by atoms with Gasteiger partial charge in [-0.2, -0.15) is 9.97 Å². The molecule has 1 unspecified atom stereocenters. The molecule has 37 heavy (non-hydrogen) atoms. The molecule has 14 heteroatoms. The van der Waals surface area contributed by atoms with Gasteiger partial charge in [-0.15, -0.1) is 12.4 Å². The van der Waals surface area contributed by atoms with Crippen LogP contribution in [0.25, 0.3) is 11.2 Å². The standard InChI is InChI=1S/C23H29N7O6.ClH/c1-2-25-21(35)18-16(33)17(34)22(36-18)30-11-27-15-19(24)28-23(29-20(15)30)26-10-9-13-5-3-12(4-6-13)7-8-14(31)32;/h3-6,11,16-18,22,33-34H,2,7-10H2,1H3,(H,25,35)(H,31,32)(H3,24,26,28,29);1H/t16-,17?,18+,22-;/m0./s1.